The van der Waals surface area contributed by atoms with Crippen LogP contribution in [0.5, 0.6) is 0 Å². The molecule has 9 heteroatoms. The van der Waals surface area contributed by atoms with E-state index < -0.39 is 44.3 Å². The molecule has 0 radical (unpaired) electrons. The number of rotatable bonds is 11. The van der Waals surface area contributed by atoms with Crippen LogP contribution >= 0.6 is 0 Å². The van der Waals surface area contributed by atoms with Gasteiger partial charge in [0, 0.05) is 12.1 Å². The topological polar surface area (TPSA) is 130 Å². The fraction of sp³-hybridized carbons (Fsp3) is 0.600. The minimum Gasteiger partial charge on any atom is -0.395 e. The number of nitro groups is 1. The maximum Gasteiger partial charge on any atom is 0.289 e. The van der Waals surface area contributed by atoms with Crippen molar-refractivity contribution in [2.75, 3.05) is 6.61 Å². The van der Waals surface area contributed by atoms with Gasteiger partial charge >= 0.3 is 0 Å². The molecule has 2 atom stereocenters. The van der Waals surface area contributed by atoms with Crippen LogP contribution in [0.3, 0.4) is 0 Å². The maximum atomic E-state index is 12.4. The highest BCUT2D eigenvalue weighted by Crippen LogP contribution is 2.23. The van der Waals surface area contributed by atoms with Crippen LogP contribution < -0.4 is 4.72 Å². The van der Waals surface area contributed by atoms with Gasteiger partial charge in [0.15, 0.2) is 4.90 Å². The van der Waals surface area contributed by atoms with E-state index in [-0.39, 0.29) is 6.42 Å². The Kier molecular flexibility index (Phi) is 8.26. The molecule has 8 nitrogen and oxygen atoms in total. The number of hydrogen-bond acceptors (Lipinski definition) is 6. The summed E-state index contributed by atoms with van der Waals surface area (Å²) in [6.07, 6.45) is 2.45. The Hall–Kier alpha value is -1.55. The van der Waals surface area contributed by atoms with Gasteiger partial charge in [-0.15, -0.1) is 0 Å². The van der Waals surface area contributed by atoms with Gasteiger partial charge in [-0.1, -0.05) is 31.9 Å². The summed E-state index contributed by atoms with van der Waals surface area (Å²) in [4.78, 5) is 9.76. The minimum atomic E-state index is -4.15. The van der Waals surface area contributed by atoms with Gasteiger partial charge in [-0.3, -0.25) is 10.1 Å². The van der Waals surface area contributed by atoms with Gasteiger partial charge in [0.25, 0.3) is 5.69 Å². The first-order chi connectivity index (χ1) is 11.3. The van der Waals surface area contributed by atoms with Crippen molar-refractivity contribution in [2.24, 2.45) is 0 Å². The van der Waals surface area contributed by atoms with Gasteiger partial charge in [0.2, 0.25) is 10.0 Å². The quantitative estimate of drug-likeness (QED) is 0.406. The van der Waals surface area contributed by atoms with E-state index in [1.807, 2.05) is 6.92 Å². The lowest BCUT2D eigenvalue weighted by Crippen LogP contribution is -2.38. The zero-order chi connectivity index (χ0) is 18.2. The normalized spacial score (nSPS) is 14.3. The number of hydrogen-bond donors (Lipinski definition) is 3. The Morgan fingerprint density at radius 2 is 1.92 bits per heavy atom. The van der Waals surface area contributed by atoms with Crippen molar-refractivity contribution in [1.29, 1.82) is 0 Å². The molecule has 0 saturated carbocycles. The summed E-state index contributed by atoms with van der Waals surface area (Å²) in [5, 5.41) is 30.1. The number of aliphatic hydroxyl groups is 2. The number of nitrogens with zero attached hydrogens (tertiary/aromatic N) is 1. The van der Waals surface area contributed by atoms with Crippen LogP contribution in [0.4, 0.5) is 5.69 Å². The van der Waals surface area contributed by atoms with Gasteiger partial charge in [-0.05, 0) is 25.3 Å². The van der Waals surface area contributed by atoms with Gasteiger partial charge in [0.05, 0.1) is 17.6 Å². The Morgan fingerprint density at radius 1 is 1.25 bits per heavy atom. The molecule has 1 aromatic carbocycles. The fourth-order valence-electron chi connectivity index (χ4n) is 2.28. The van der Waals surface area contributed by atoms with E-state index in [9.17, 15) is 28.7 Å². The first-order valence-electron chi connectivity index (χ1n) is 7.86. The smallest absolute Gasteiger partial charge is 0.289 e. The first kappa shape index (κ1) is 20.5. The number of para-hydroxylation sites is 1. The highest BCUT2D eigenvalue weighted by Gasteiger charge is 2.27. The zero-order valence-electron chi connectivity index (χ0n) is 13.6. The molecule has 1 aromatic rings. The van der Waals surface area contributed by atoms with E-state index in [2.05, 4.69) is 4.72 Å². The van der Waals surface area contributed by atoms with E-state index in [1.54, 1.807) is 0 Å². The highest BCUT2D eigenvalue weighted by molar-refractivity contribution is 7.89. The standard InChI is InChI=1S/C15H24N2O6S/c1-2-3-6-13(19)10-9-12(11-18)16-24(22,23)15-8-5-4-7-14(15)17(20)21/h4-5,7-8,12-13,16,18-19H,2-3,6,9-11H2,1H3/t12-,13+/m1/s1. The van der Waals surface area contributed by atoms with Crippen LogP contribution in [0.1, 0.15) is 39.0 Å². The molecule has 0 unspecified atom stereocenters. The van der Waals surface area contributed by atoms with E-state index in [1.165, 1.54) is 12.1 Å². The second-order valence-corrected chi connectivity index (χ2v) is 7.28. The lowest BCUT2D eigenvalue weighted by atomic mass is 10.0. The lowest BCUT2D eigenvalue weighted by Gasteiger charge is -2.18. The molecule has 0 spiro atoms. The Labute approximate surface area is 141 Å². The van der Waals surface area contributed by atoms with Crippen molar-refractivity contribution in [3.63, 3.8) is 0 Å². The van der Waals surface area contributed by atoms with Crippen molar-refractivity contribution in [1.82, 2.24) is 4.72 Å². The van der Waals surface area contributed by atoms with Gasteiger partial charge in [-0.2, -0.15) is 0 Å². The SMILES string of the molecule is CCCC[C@H](O)CC[C@H](CO)NS(=O)(=O)c1ccccc1[N+](=O)[O-]. The summed E-state index contributed by atoms with van der Waals surface area (Å²) in [5.41, 5.74) is -0.523. The third-order valence-electron chi connectivity index (χ3n) is 3.63. The Balaban J connectivity index is 2.79. The zero-order valence-corrected chi connectivity index (χ0v) is 14.4. The Morgan fingerprint density at radius 3 is 2.50 bits per heavy atom. The molecular weight excluding hydrogens is 336 g/mol. The molecule has 0 heterocycles. The molecule has 0 fully saturated rings. The fourth-order valence-corrected chi connectivity index (χ4v) is 3.72. The number of nitro benzene ring substituents is 1. The van der Waals surface area contributed by atoms with Crippen LogP contribution in [0.2, 0.25) is 0 Å². The van der Waals surface area contributed by atoms with E-state index in [0.717, 1.165) is 25.0 Å². The van der Waals surface area contributed by atoms with Crippen LogP contribution in [0.15, 0.2) is 29.2 Å². The number of nitrogens with one attached hydrogen (secondary N) is 1. The summed E-state index contributed by atoms with van der Waals surface area (Å²) < 4.78 is 27.0. The minimum absolute atomic E-state index is 0.237. The first-order valence-corrected chi connectivity index (χ1v) is 9.34. The lowest BCUT2D eigenvalue weighted by molar-refractivity contribution is -0.387. The van der Waals surface area contributed by atoms with E-state index >= 15 is 0 Å². The molecule has 0 aromatic heterocycles. The molecule has 0 aliphatic carbocycles. The number of sulfonamides is 1. The number of unbranched alkanes of at least 4 members (excludes halogenated alkanes) is 1. The van der Waals surface area contributed by atoms with Crippen molar-refractivity contribution < 1.29 is 23.6 Å². The Bertz CT molecular complexity index is 635. The summed E-state index contributed by atoms with van der Waals surface area (Å²) in [6.45, 7) is 1.55. The second kappa shape index (κ2) is 9.67. The largest absolute Gasteiger partial charge is 0.395 e. The predicted molar refractivity (Wildman–Crippen MR) is 89.1 cm³/mol. The summed E-state index contributed by atoms with van der Waals surface area (Å²) in [6, 6.07) is 4.21. The van der Waals surface area contributed by atoms with Crippen molar-refractivity contribution in [2.45, 2.75) is 56.1 Å². The molecule has 3 N–H and O–H groups in total. The molecular formula is C15H24N2O6S. The van der Waals surface area contributed by atoms with Gasteiger partial charge < -0.3 is 10.2 Å². The molecule has 0 aliphatic heterocycles. The summed E-state index contributed by atoms with van der Waals surface area (Å²) in [7, 11) is -4.15. The van der Waals surface area contributed by atoms with Crippen LogP contribution in [0.25, 0.3) is 0 Å². The van der Waals surface area contributed by atoms with Crippen molar-refractivity contribution in [3.05, 3.63) is 34.4 Å². The van der Waals surface area contributed by atoms with Crippen LogP contribution in [0, 0.1) is 10.1 Å². The maximum absolute atomic E-state index is 12.4. The van der Waals surface area contributed by atoms with Crippen molar-refractivity contribution >= 4 is 15.7 Å². The summed E-state index contributed by atoms with van der Waals surface area (Å²) >= 11 is 0. The van der Waals surface area contributed by atoms with Crippen LogP contribution in [-0.2, 0) is 10.0 Å². The average Bonchev–Trinajstić information content (AvgIpc) is 2.56. The molecule has 0 bridgehead atoms. The number of aliphatic hydroxyl groups excluding tert-OH is 2. The van der Waals surface area contributed by atoms with E-state index in [4.69, 9.17) is 0 Å². The molecule has 136 valence electrons. The molecule has 0 saturated heterocycles. The second-order valence-electron chi connectivity index (χ2n) is 5.60. The van der Waals surface area contributed by atoms with Gasteiger partial charge in [-0.25, -0.2) is 13.1 Å². The van der Waals surface area contributed by atoms with Crippen molar-refractivity contribution in [3.8, 4) is 0 Å². The molecule has 1 rings (SSSR count). The van der Waals surface area contributed by atoms with E-state index in [0.29, 0.717) is 12.8 Å². The highest BCUT2D eigenvalue weighted by atomic mass is 32.2. The molecule has 0 amide bonds. The molecule has 0 aliphatic rings. The van der Waals surface area contributed by atoms with Gasteiger partial charge in [0.1, 0.15) is 0 Å². The average molecular weight is 360 g/mol. The monoisotopic (exact) mass is 360 g/mol. The third-order valence-corrected chi connectivity index (χ3v) is 5.20. The molecule has 24 heavy (non-hydrogen) atoms. The number of benzene rings is 1. The summed E-state index contributed by atoms with van der Waals surface area (Å²) in [5.74, 6) is 0. The predicted octanol–water partition coefficient (Wildman–Crippen LogP) is 1.57. The van der Waals surface area contributed by atoms with Crippen LogP contribution in [-0.4, -0.2) is 42.3 Å². The third kappa shape index (κ3) is 6.16.